The van der Waals surface area contributed by atoms with Gasteiger partial charge in [0.15, 0.2) is 0 Å². The van der Waals surface area contributed by atoms with Gasteiger partial charge in [-0.05, 0) is 48.6 Å². The van der Waals surface area contributed by atoms with Gasteiger partial charge >= 0.3 is 0 Å². The summed E-state index contributed by atoms with van der Waals surface area (Å²) in [7, 11) is 0. The molecule has 1 amide bonds. The molecular formula is C16H16ClFN2OS. The number of nitrogens with zero attached hydrogens (tertiary/aromatic N) is 1. The van der Waals surface area contributed by atoms with Gasteiger partial charge in [0, 0.05) is 23.2 Å². The number of thiophene rings is 1. The van der Waals surface area contributed by atoms with Crippen molar-refractivity contribution in [1.29, 1.82) is 0 Å². The van der Waals surface area contributed by atoms with E-state index in [0.29, 0.717) is 12.2 Å². The van der Waals surface area contributed by atoms with E-state index in [0.717, 1.165) is 13.0 Å². The lowest BCUT2D eigenvalue weighted by Crippen LogP contribution is -2.39. The first-order valence-electron chi connectivity index (χ1n) is 7.10. The van der Waals surface area contributed by atoms with Crippen LogP contribution in [0, 0.1) is 5.82 Å². The lowest BCUT2D eigenvalue weighted by Gasteiger charge is -2.32. The zero-order valence-electron chi connectivity index (χ0n) is 12.1. The molecule has 2 aromatic rings. The van der Waals surface area contributed by atoms with Crippen LogP contribution in [0.1, 0.15) is 23.4 Å². The average Bonchev–Trinajstić information content (AvgIpc) is 2.95. The van der Waals surface area contributed by atoms with Gasteiger partial charge in [-0.3, -0.25) is 9.69 Å². The van der Waals surface area contributed by atoms with E-state index in [1.807, 2.05) is 0 Å². The number of amides is 1. The lowest BCUT2D eigenvalue weighted by atomic mass is 10.0. The SMILES string of the molecule is C[C@@H]1c2ccsc2CCN1CC(=O)Nc1ccc(F)c(Cl)c1. The number of hydrogen-bond donors (Lipinski definition) is 1. The van der Waals surface area contributed by atoms with Crippen LogP contribution < -0.4 is 5.32 Å². The van der Waals surface area contributed by atoms with Crippen molar-refractivity contribution >= 4 is 34.5 Å². The van der Waals surface area contributed by atoms with Gasteiger partial charge in [0.25, 0.3) is 0 Å². The Kier molecular flexibility index (Phi) is 4.47. The zero-order chi connectivity index (χ0) is 15.7. The Morgan fingerprint density at radius 1 is 1.50 bits per heavy atom. The van der Waals surface area contributed by atoms with Crippen molar-refractivity contribution in [2.75, 3.05) is 18.4 Å². The monoisotopic (exact) mass is 338 g/mol. The van der Waals surface area contributed by atoms with Gasteiger partial charge in [-0.15, -0.1) is 11.3 Å². The third-order valence-corrected chi connectivity index (χ3v) is 5.24. The number of hydrogen-bond acceptors (Lipinski definition) is 3. The van der Waals surface area contributed by atoms with Crippen LogP contribution in [-0.4, -0.2) is 23.9 Å². The standard InChI is InChI=1S/C16H16ClFN2OS/c1-10-12-5-7-22-15(12)4-6-20(10)9-16(21)19-11-2-3-14(18)13(17)8-11/h2-3,5,7-8,10H,4,6,9H2,1H3,(H,19,21)/t10-/m1/s1. The van der Waals surface area contributed by atoms with E-state index in [4.69, 9.17) is 11.6 Å². The zero-order valence-corrected chi connectivity index (χ0v) is 13.7. The molecule has 0 bridgehead atoms. The first-order valence-corrected chi connectivity index (χ1v) is 8.35. The van der Waals surface area contributed by atoms with E-state index >= 15 is 0 Å². The molecule has 0 radical (unpaired) electrons. The summed E-state index contributed by atoms with van der Waals surface area (Å²) < 4.78 is 13.1. The first kappa shape index (κ1) is 15.5. The van der Waals surface area contributed by atoms with Crippen LogP contribution >= 0.6 is 22.9 Å². The summed E-state index contributed by atoms with van der Waals surface area (Å²) in [5.41, 5.74) is 1.83. The number of fused-ring (bicyclic) bond motifs is 1. The summed E-state index contributed by atoms with van der Waals surface area (Å²) in [6, 6.07) is 6.55. The molecule has 116 valence electrons. The van der Waals surface area contributed by atoms with Crippen LogP contribution in [0.3, 0.4) is 0 Å². The highest BCUT2D eigenvalue weighted by atomic mass is 35.5. The van der Waals surface area contributed by atoms with Crippen molar-refractivity contribution in [1.82, 2.24) is 4.90 Å². The Morgan fingerprint density at radius 2 is 2.32 bits per heavy atom. The summed E-state index contributed by atoms with van der Waals surface area (Å²) in [5.74, 6) is -0.609. The summed E-state index contributed by atoms with van der Waals surface area (Å²) >= 11 is 7.50. The average molecular weight is 339 g/mol. The second-order valence-electron chi connectivity index (χ2n) is 5.37. The molecule has 1 aromatic carbocycles. The third kappa shape index (κ3) is 3.16. The van der Waals surface area contributed by atoms with Crippen molar-refractivity contribution in [3.8, 4) is 0 Å². The Bertz CT molecular complexity index is 703. The molecule has 0 fully saturated rings. The summed E-state index contributed by atoms with van der Waals surface area (Å²) in [5, 5.41) is 4.88. The summed E-state index contributed by atoms with van der Waals surface area (Å²) in [6.45, 7) is 3.30. The van der Waals surface area contributed by atoms with Crippen LogP contribution in [0.25, 0.3) is 0 Å². The number of anilines is 1. The van der Waals surface area contributed by atoms with Crippen LogP contribution in [-0.2, 0) is 11.2 Å². The van der Waals surface area contributed by atoms with Crippen LogP contribution in [0.4, 0.5) is 10.1 Å². The Hall–Kier alpha value is -1.43. The smallest absolute Gasteiger partial charge is 0.238 e. The fraction of sp³-hybridized carbons (Fsp3) is 0.312. The van der Waals surface area contributed by atoms with Crippen LogP contribution in [0.5, 0.6) is 0 Å². The van der Waals surface area contributed by atoms with Gasteiger partial charge in [-0.25, -0.2) is 4.39 Å². The van der Waals surface area contributed by atoms with Crippen LogP contribution in [0.2, 0.25) is 5.02 Å². The molecule has 0 saturated carbocycles. The fourth-order valence-corrected chi connectivity index (χ4v) is 3.88. The van der Waals surface area contributed by atoms with Crippen LogP contribution in [0.15, 0.2) is 29.6 Å². The number of carbonyl (C=O) groups is 1. The molecule has 6 heteroatoms. The fourth-order valence-electron chi connectivity index (χ4n) is 2.74. The molecule has 22 heavy (non-hydrogen) atoms. The number of benzene rings is 1. The van der Waals surface area contributed by atoms with E-state index in [1.54, 1.807) is 11.3 Å². The third-order valence-electron chi connectivity index (χ3n) is 3.95. The Labute approximate surface area is 137 Å². The van der Waals surface area contributed by atoms with Gasteiger partial charge in [-0.2, -0.15) is 0 Å². The maximum Gasteiger partial charge on any atom is 0.238 e. The predicted octanol–water partition coefficient (Wildman–Crippen LogP) is 4.10. The molecular weight excluding hydrogens is 323 g/mol. The van der Waals surface area contributed by atoms with E-state index < -0.39 is 5.82 Å². The van der Waals surface area contributed by atoms with Crippen molar-refractivity contribution < 1.29 is 9.18 Å². The molecule has 0 saturated heterocycles. The van der Waals surface area contributed by atoms with Gasteiger partial charge in [0.2, 0.25) is 5.91 Å². The van der Waals surface area contributed by atoms with Crippen molar-refractivity contribution in [3.63, 3.8) is 0 Å². The molecule has 1 aromatic heterocycles. The predicted molar refractivity (Wildman–Crippen MR) is 88.1 cm³/mol. The normalized spacial score (nSPS) is 18.0. The van der Waals surface area contributed by atoms with E-state index in [-0.39, 0.29) is 17.0 Å². The van der Waals surface area contributed by atoms with Gasteiger partial charge in [-0.1, -0.05) is 11.6 Å². The Balaban J connectivity index is 1.64. The van der Waals surface area contributed by atoms with Gasteiger partial charge in [0.1, 0.15) is 5.82 Å². The van der Waals surface area contributed by atoms with E-state index in [2.05, 4.69) is 28.6 Å². The molecule has 1 aliphatic heterocycles. The molecule has 0 spiro atoms. The highest BCUT2D eigenvalue weighted by Crippen LogP contribution is 2.32. The summed E-state index contributed by atoms with van der Waals surface area (Å²) in [6.07, 6.45) is 0.979. The molecule has 0 aliphatic carbocycles. The topological polar surface area (TPSA) is 32.3 Å². The van der Waals surface area contributed by atoms with Gasteiger partial charge < -0.3 is 5.32 Å². The Morgan fingerprint density at radius 3 is 3.09 bits per heavy atom. The minimum atomic E-state index is -0.491. The number of halogens is 2. The summed E-state index contributed by atoms with van der Waals surface area (Å²) in [4.78, 5) is 15.7. The minimum absolute atomic E-state index is 0.00653. The highest BCUT2D eigenvalue weighted by molar-refractivity contribution is 7.10. The van der Waals surface area contributed by atoms with E-state index in [1.165, 1.54) is 28.6 Å². The molecule has 1 atom stereocenters. The highest BCUT2D eigenvalue weighted by Gasteiger charge is 2.26. The first-order chi connectivity index (χ1) is 10.5. The van der Waals surface area contributed by atoms with Crippen molar-refractivity contribution in [2.45, 2.75) is 19.4 Å². The number of carbonyl (C=O) groups excluding carboxylic acids is 1. The second kappa shape index (κ2) is 6.36. The number of nitrogens with one attached hydrogen (secondary N) is 1. The largest absolute Gasteiger partial charge is 0.325 e. The molecule has 1 aliphatic rings. The quantitative estimate of drug-likeness (QED) is 0.913. The van der Waals surface area contributed by atoms with Crippen molar-refractivity contribution in [2.24, 2.45) is 0 Å². The molecule has 2 heterocycles. The lowest BCUT2D eigenvalue weighted by molar-refractivity contribution is -0.117. The molecule has 1 N–H and O–H groups in total. The molecule has 3 nitrogen and oxygen atoms in total. The van der Waals surface area contributed by atoms with Crippen molar-refractivity contribution in [3.05, 3.63) is 50.9 Å². The number of rotatable bonds is 3. The van der Waals surface area contributed by atoms with E-state index in [9.17, 15) is 9.18 Å². The molecule has 3 rings (SSSR count). The van der Waals surface area contributed by atoms with Gasteiger partial charge in [0.05, 0.1) is 11.6 Å². The molecule has 0 unspecified atom stereocenters. The maximum atomic E-state index is 13.1. The maximum absolute atomic E-state index is 13.1. The minimum Gasteiger partial charge on any atom is -0.325 e. The second-order valence-corrected chi connectivity index (χ2v) is 6.78.